The van der Waals surface area contributed by atoms with Crippen molar-refractivity contribution in [2.75, 3.05) is 6.26 Å². The Balaban J connectivity index is 2.20. The first-order valence-electron chi connectivity index (χ1n) is 6.10. The maximum Gasteiger partial charge on any atom is 0.175 e. The molecular weight excluding hydrogens is 270 g/mol. The van der Waals surface area contributed by atoms with Crippen molar-refractivity contribution in [1.29, 1.82) is 0 Å². The minimum Gasteiger partial charge on any atom is -0.310 e. The molecule has 1 aliphatic rings. The zero-order chi connectivity index (χ0) is 13.3. The summed E-state index contributed by atoms with van der Waals surface area (Å²) < 4.78 is 23.4. The normalized spacial score (nSPS) is 17.7. The Morgan fingerprint density at radius 2 is 2.11 bits per heavy atom. The molecule has 100 valence electrons. The zero-order valence-electron chi connectivity index (χ0n) is 10.6. The van der Waals surface area contributed by atoms with E-state index in [2.05, 4.69) is 12.2 Å². The maximum atomic E-state index is 11.7. The monoisotopic (exact) mass is 287 g/mol. The van der Waals surface area contributed by atoms with Crippen molar-refractivity contribution in [2.24, 2.45) is 5.92 Å². The maximum absolute atomic E-state index is 11.7. The van der Waals surface area contributed by atoms with Crippen molar-refractivity contribution >= 4 is 21.4 Å². The van der Waals surface area contributed by atoms with E-state index in [4.69, 9.17) is 11.6 Å². The highest BCUT2D eigenvalue weighted by Gasteiger charge is 2.28. The molecule has 1 atom stereocenters. The van der Waals surface area contributed by atoms with Crippen molar-refractivity contribution < 1.29 is 8.42 Å². The van der Waals surface area contributed by atoms with Crippen LogP contribution in [-0.4, -0.2) is 20.7 Å². The van der Waals surface area contributed by atoms with Crippen molar-refractivity contribution in [3.8, 4) is 0 Å². The Morgan fingerprint density at radius 1 is 1.44 bits per heavy atom. The summed E-state index contributed by atoms with van der Waals surface area (Å²) in [6.07, 6.45) is 3.73. The lowest BCUT2D eigenvalue weighted by Gasteiger charge is -2.15. The van der Waals surface area contributed by atoms with E-state index in [1.165, 1.54) is 19.1 Å². The molecule has 0 aromatic heterocycles. The van der Waals surface area contributed by atoms with Gasteiger partial charge in [0.25, 0.3) is 0 Å². The second-order valence-electron chi connectivity index (χ2n) is 5.00. The van der Waals surface area contributed by atoms with Gasteiger partial charge in [-0.25, -0.2) is 8.42 Å². The summed E-state index contributed by atoms with van der Waals surface area (Å²) in [4.78, 5) is 0.325. The number of hydrogen-bond donors (Lipinski definition) is 1. The molecule has 1 aromatic rings. The molecule has 1 fully saturated rings. The van der Waals surface area contributed by atoms with E-state index in [1.54, 1.807) is 18.2 Å². The molecule has 0 saturated heterocycles. The highest BCUT2D eigenvalue weighted by molar-refractivity contribution is 7.90. The Bertz CT molecular complexity index is 538. The van der Waals surface area contributed by atoms with Crippen LogP contribution < -0.4 is 5.32 Å². The van der Waals surface area contributed by atoms with Crippen LogP contribution in [0.2, 0.25) is 5.02 Å². The molecule has 0 aliphatic heterocycles. The van der Waals surface area contributed by atoms with Gasteiger partial charge in [0.1, 0.15) is 0 Å². The van der Waals surface area contributed by atoms with Gasteiger partial charge in [-0.1, -0.05) is 17.7 Å². The van der Waals surface area contributed by atoms with Gasteiger partial charge < -0.3 is 5.32 Å². The second kappa shape index (κ2) is 5.19. The molecule has 0 spiro atoms. The number of benzene rings is 1. The topological polar surface area (TPSA) is 46.2 Å². The van der Waals surface area contributed by atoms with Crippen LogP contribution in [0.4, 0.5) is 0 Å². The predicted molar refractivity (Wildman–Crippen MR) is 73.6 cm³/mol. The second-order valence-corrected chi connectivity index (χ2v) is 7.39. The van der Waals surface area contributed by atoms with Crippen molar-refractivity contribution in [2.45, 2.75) is 37.2 Å². The first-order valence-corrected chi connectivity index (χ1v) is 8.37. The molecule has 1 aromatic carbocycles. The average Bonchev–Trinajstić information content (AvgIpc) is 3.09. The van der Waals surface area contributed by atoms with Crippen molar-refractivity contribution in [3.05, 3.63) is 28.8 Å². The summed E-state index contributed by atoms with van der Waals surface area (Å²) in [5.41, 5.74) is 0.675. The van der Waals surface area contributed by atoms with E-state index in [0.29, 0.717) is 28.1 Å². The summed E-state index contributed by atoms with van der Waals surface area (Å²) in [6, 6.07) is 5.43. The molecule has 0 bridgehead atoms. The van der Waals surface area contributed by atoms with Crippen LogP contribution in [0.3, 0.4) is 0 Å². The molecule has 1 aliphatic carbocycles. The lowest BCUT2D eigenvalue weighted by atomic mass is 10.2. The third-order valence-corrected chi connectivity index (χ3v) is 4.94. The van der Waals surface area contributed by atoms with Gasteiger partial charge in [0.15, 0.2) is 9.84 Å². The van der Waals surface area contributed by atoms with Crippen LogP contribution >= 0.6 is 11.6 Å². The Hall–Kier alpha value is -0.580. The molecule has 3 nitrogen and oxygen atoms in total. The highest BCUT2D eigenvalue weighted by atomic mass is 35.5. The quantitative estimate of drug-likeness (QED) is 0.905. The van der Waals surface area contributed by atoms with E-state index in [9.17, 15) is 8.42 Å². The van der Waals surface area contributed by atoms with Gasteiger partial charge in [0, 0.05) is 29.4 Å². The van der Waals surface area contributed by atoms with Gasteiger partial charge in [0.2, 0.25) is 0 Å². The highest BCUT2D eigenvalue weighted by Crippen LogP contribution is 2.33. The summed E-state index contributed by atoms with van der Waals surface area (Å²) in [5, 5.41) is 3.87. The number of hydrogen-bond acceptors (Lipinski definition) is 3. The van der Waals surface area contributed by atoms with Crippen LogP contribution in [0.15, 0.2) is 23.1 Å². The fourth-order valence-electron chi connectivity index (χ4n) is 2.08. The summed E-state index contributed by atoms with van der Waals surface area (Å²) in [5.74, 6) is 0.731. The summed E-state index contributed by atoms with van der Waals surface area (Å²) in [6.45, 7) is 2.63. The van der Waals surface area contributed by atoms with Crippen molar-refractivity contribution in [3.63, 3.8) is 0 Å². The van der Waals surface area contributed by atoms with Gasteiger partial charge in [-0.3, -0.25) is 0 Å². The average molecular weight is 288 g/mol. The third-order valence-electron chi connectivity index (χ3n) is 3.41. The van der Waals surface area contributed by atoms with Gasteiger partial charge in [-0.05, 0) is 37.8 Å². The number of rotatable bonds is 5. The SMILES string of the molecule is CC(NCc1c(Cl)cccc1S(C)(=O)=O)C1CC1. The van der Waals surface area contributed by atoms with Crippen LogP contribution in [0.25, 0.3) is 0 Å². The molecule has 0 heterocycles. The fraction of sp³-hybridized carbons (Fsp3) is 0.538. The molecule has 0 amide bonds. The standard InChI is InChI=1S/C13H18ClNO2S/c1-9(10-6-7-10)15-8-11-12(14)4-3-5-13(11)18(2,16)17/h3-5,9-10,15H,6-8H2,1-2H3. The van der Waals surface area contributed by atoms with E-state index < -0.39 is 9.84 Å². The molecule has 1 unspecified atom stereocenters. The zero-order valence-corrected chi connectivity index (χ0v) is 12.2. The third kappa shape index (κ3) is 3.25. The Kier molecular flexibility index (Phi) is 3.99. The first kappa shape index (κ1) is 13.8. The van der Waals surface area contributed by atoms with E-state index in [-0.39, 0.29) is 0 Å². The summed E-state index contributed by atoms with van der Waals surface area (Å²) >= 11 is 6.11. The Labute approximate surface area is 113 Å². The molecule has 2 rings (SSSR count). The number of nitrogens with one attached hydrogen (secondary N) is 1. The molecule has 1 N–H and O–H groups in total. The van der Waals surface area contributed by atoms with E-state index in [0.717, 1.165) is 5.92 Å². The smallest absolute Gasteiger partial charge is 0.175 e. The molecular formula is C13H18ClNO2S. The van der Waals surface area contributed by atoms with Gasteiger partial charge >= 0.3 is 0 Å². The molecule has 5 heteroatoms. The largest absolute Gasteiger partial charge is 0.310 e. The lowest BCUT2D eigenvalue weighted by molar-refractivity contribution is 0.493. The van der Waals surface area contributed by atoms with E-state index in [1.807, 2.05) is 0 Å². The van der Waals surface area contributed by atoms with Crippen LogP contribution in [0, 0.1) is 5.92 Å². The minimum absolute atomic E-state index is 0.325. The molecule has 18 heavy (non-hydrogen) atoms. The van der Waals surface area contributed by atoms with Gasteiger partial charge in [-0.2, -0.15) is 0 Å². The lowest BCUT2D eigenvalue weighted by Crippen LogP contribution is -2.28. The van der Waals surface area contributed by atoms with Crippen LogP contribution in [-0.2, 0) is 16.4 Å². The molecule has 1 saturated carbocycles. The fourth-order valence-corrected chi connectivity index (χ4v) is 3.34. The van der Waals surface area contributed by atoms with Crippen LogP contribution in [0.1, 0.15) is 25.3 Å². The number of sulfone groups is 1. The van der Waals surface area contributed by atoms with E-state index >= 15 is 0 Å². The summed E-state index contributed by atoms with van der Waals surface area (Å²) in [7, 11) is -3.23. The Morgan fingerprint density at radius 3 is 2.67 bits per heavy atom. The number of halogens is 1. The van der Waals surface area contributed by atoms with Gasteiger partial charge in [-0.15, -0.1) is 0 Å². The first-order chi connectivity index (χ1) is 8.39. The van der Waals surface area contributed by atoms with Gasteiger partial charge in [0.05, 0.1) is 4.90 Å². The van der Waals surface area contributed by atoms with Crippen molar-refractivity contribution in [1.82, 2.24) is 5.32 Å². The van der Waals surface area contributed by atoms with Crippen LogP contribution in [0.5, 0.6) is 0 Å². The predicted octanol–water partition coefficient (Wildman–Crippen LogP) is 2.63. The molecule has 0 radical (unpaired) electrons. The minimum atomic E-state index is -3.23.